The maximum absolute atomic E-state index is 13.1. The van der Waals surface area contributed by atoms with Gasteiger partial charge in [0.15, 0.2) is 0 Å². The normalized spacial score (nSPS) is 10.6. The molecule has 0 aliphatic carbocycles. The second-order valence-corrected chi connectivity index (χ2v) is 5.25. The van der Waals surface area contributed by atoms with E-state index >= 15 is 0 Å². The van der Waals surface area contributed by atoms with Gasteiger partial charge in [0.25, 0.3) is 0 Å². The minimum absolute atomic E-state index is 0.231. The van der Waals surface area contributed by atoms with E-state index in [1.54, 1.807) is 12.1 Å². The van der Waals surface area contributed by atoms with Crippen LogP contribution in [0, 0.1) is 5.82 Å². The third-order valence-corrected chi connectivity index (χ3v) is 3.51. The van der Waals surface area contributed by atoms with Crippen LogP contribution < -0.4 is 5.73 Å². The second kappa shape index (κ2) is 6.52. The Kier molecular flexibility index (Phi) is 4.74. The summed E-state index contributed by atoms with van der Waals surface area (Å²) in [4.78, 5) is 9.52. The number of nitrogens with zero attached hydrogens (tertiary/aromatic N) is 2. The monoisotopic (exact) mass is 277 g/mol. The summed E-state index contributed by atoms with van der Waals surface area (Å²) >= 11 is 1.50. The smallest absolute Gasteiger partial charge is 0.141 e. The second-order valence-electron chi connectivity index (χ2n) is 4.20. The van der Waals surface area contributed by atoms with Crippen LogP contribution >= 0.6 is 11.8 Å². The summed E-state index contributed by atoms with van der Waals surface area (Å²) in [5, 5.41) is 0. The molecule has 0 aliphatic heterocycles. The highest BCUT2D eigenvalue weighted by Crippen LogP contribution is 2.22. The van der Waals surface area contributed by atoms with Gasteiger partial charge >= 0.3 is 0 Å². The van der Waals surface area contributed by atoms with E-state index < -0.39 is 0 Å². The van der Waals surface area contributed by atoms with Crippen molar-refractivity contribution in [2.24, 2.45) is 0 Å². The van der Waals surface area contributed by atoms with Gasteiger partial charge < -0.3 is 5.73 Å². The number of aromatic nitrogens is 2. The first-order valence-corrected chi connectivity index (χ1v) is 7.16. The minimum Gasteiger partial charge on any atom is -0.384 e. The Hall–Kier alpha value is -1.62. The molecule has 0 aliphatic rings. The molecule has 0 atom stereocenters. The quantitative estimate of drug-likeness (QED) is 0.851. The van der Waals surface area contributed by atoms with Gasteiger partial charge in [-0.2, -0.15) is 0 Å². The van der Waals surface area contributed by atoms with E-state index in [-0.39, 0.29) is 5.82 Å². The SMILES string of the molecule is CCCc1cc(N)nc(CSc2cccc(F)c2)n1. The van der Waals surface area contributed by atoms with Crippen molar-refractivity contribution >= 4 is 17.6 Å². The van der Waals surface area contributed by atoms with Crippen LogP contribution in [0.25, 0.3) is 0 Å². The molecule has 1 heterocycles. The first-order valence-electron chi connectivity index (χ1n) is 6.18. The van der Waals surface area contributed by atoms with E-state index in [1.165, 1.54) is 23.9 Å². The summed E-state index contributed by atoms with van der Waals surface area (Å²) in [5.74, 6) is 1.54. The number of anilines is 1. The molecule has 19 heavy (non-hydrogen) atoms. The van der Waals surface area contributed by atoms with E-state index in [9.17, 15) is 4.39 Å². The molecule has 2 aromatic rings. The number of nitrogen functional groups attached to an aromatic ring is 1. The number of halogens is 1. The van der Waals surface area contributed by atoms with E-state index in [4.69, 9.17) is 5.73 Å². The summed E-state index contributed by atoms with van der Waals surface area (Å²) in [5.41, 5.74) is 6.73. The zero-order valence-corrected chi connectivity index (χ0v) is 11.6. The molecule has 0 amide bonds. The van der Waals surface area contributed by atoms with Gasteiger partial charge in [-0.3, -0.25) is 0 Å². The van der Waals surface area contributed by atoms with E-state index in [0.717, 1.165) is 23.4 Å². The molecule has 0 bridgehead atoms. The standard InChI is InChI=1S/C14H16FN3S/c1-2-4-11-8-13(16)18-14(17-11)9-19-12-6-3-5-10(15)7-12/h3,5-8H,2,4,9H2,1H3,(H2,16,17,18). The van der Waals surface area contributed by atoms with Crippen LogP contribution in [0.2, 0.25) is 0 Å². The third kappa shape index (κ3) is 4.21. The molecular formula is C14H16FN3S. The zero-order valence-electron chi connectivity index (χ0n) is 10.8. The predicted octanol–water partition coefficient (Wildman–Crippen LogP) is 3.44. The lowest BCUT2D eigenvalue weighted by molar-refractivity contribution is 0.624. The molecule has 1 aromatic carbocycles. The van der Waals surface area contributed by atoms with Crippen molar-refractivity contribution in [3.05, 3.63) is 47.7 Å². The number of thioether (sulfide) groups is 1. The number of hydrogen-bond donors (Lipinski definition) is 1. The number of rotatable bonds is 5. The van der Waals surface area contributed by atoms with Gasteiger partial charge in [-0.25, -0.2) is 14.4 Å². The Morgan fingerprint density at radius 1 is 1.26 bits per heavy atom. The van der Waals surface area contributed by atoms with Crippen LogP contribution in [0.4, 0.5) is 10.2 Å². The van der Waals surface area contributed by atoms with Crippen molar-refractivity contribution < 1.29 is 4.39 Å². The van der Waals surface area contributed by atoms with Crippen LogP contribution in [0.5, 0.6) is 0 Å². The van der Waals surface area contributed by atoms with Gasteiger partial charge in [0.05, 0.1) is 5.75 Å². The largest absolute Gasteiger partial charge is 0.384 e. The lowest BCUT2D eigenvalue weighted by Crippen LogP contribution is -2.02. The van der Waals surface area contributed by atoms with Crippen molar-refractivity contribution in [3.8, 4) is 0 Å². The minimum atomic E-state index is -0.231. The van der Waals surface area contributed by atoms with Crippen LogP contribution in [0.1, 0.15) is 24.9 Å². The summed E-state index contributed by atoms with van der Waals surface area (Å²) < 4.78 is 13.1. The average Bonchev–Trinajstić information content (AvgIpc) is 2.36. The summed E-state index contributed by atoms with van der Waals surface area (Å²) in [6.45, 7) is 2.10. The highest BCUT2D eigenvalue weighted by atomic mass is 32.2. The van der Waals surface area contributed by atoms with Crippen molar-refractivity contribution in [3.63, 3.8) is 0 Å². The van der Waals surface area contributed by atoms with Crippen LogP contribution in [-0.4, -0.2) is 9.97 Å². The molecule has 0 spiro atoms. The molecule has 0 saturated heterocycles. The fourth-order valence-corrected chi connectivity index (χ4v) is 2.52. The number of nitrogens with two attached hydrogens (primary N) is 1. The molecule has 0 fully saturated rings. The van der Waals surface area contributed by atoms with E-state index in [0.29, 0.717) is 17.4 Å². The maximum atomic E-state index is 13.1. The van der Waals surface area contributed by atoms with E-state index in [2.05, 4.69) is 16.9 Å². The lowest BCUT2D eigenvalue weighted by atomic mass is 10.2. The molecule has 100 valence electrons. The Bertz CT molecular complexity index is 560. The van der Waals surface area contributed by atoms with Gasteiger partial charge in [-0.05, 0) is 24.6 Å². The van der Waals surface area contributed by atoms with Crippen molar-refractivity contribution in [1.29, 1.82) is 0 Å². The lowest BCUT2D eigenvalue weighted by Gasteiger charge is -2.05. The molecular weight excluding hydrogens is 261 g/mol. The van der Waals surface area contributed by atoms with Crippen molar-refractivity contribution in [2.45, 2.75) is 30.4 Å². The van der Waals surface area contributed by atoms with Gasteiger partial charge in [0, 0.05) is 16.7 Å². The van der Waals surface area contributed by atoms with Crippen molar-refractivity contribution in [1.82, 2.24) is 9.97 Å². The molecule has 2 rings (SSSR count). The number of aryl methyl sites for hydroxylation is 1. The summed E-state index contributed by atoms with van der Waals surface area (Å²) in [6, 6.07) is 8.30. The highest BCUT2D eigenvalue weighted by Gasteiger charge is 2.04. The van der Waals surface area contributed by atoms with Crippen LogP contribution in [0.15, 0.2) is 35.2 Å². The van der Waals surface area contributed by atoms with Gasteiger partial charge in [-0.1, -0.05) is 19.4 Å². The zero-order chi connectivity index (χ0) is 13.7. The fourth-order valence-electron chi connectivity index (χ4n) is 1.73. The maximum Gasteiger partial charge on any atom is 0.141 e. The Morgan fingerprint density at radius 2 is 2.11 bits per heavy atom. The molecule has 2 N–H and O–H groups in total. The van der Waals surface area contributed by atoms with Crippen molar-refractivity contribution in [2.75, 3.05) is 5.73 Å². The topological polar surface area (TPSA) is 51.8 Å². The Morgan fingerprint density at radius 3 is 2.84 bits per heavy atom. The van der Waals surface area contributed by atoms with Gasteiger partial charge in [0.2, 0.25) is 0 Å². The van der Waals surface area contributed by atoms with Gasteiger partial charge in [-0.15, -0.1) is 11.8 Å². The molecule has 1 aromatic heterocycles. The summed E-state index contributed by atoms with van der Waals surface area (Å²) in [6.07, 6.45) is 1.91. The molecule has 0 saturated carbocycles. The Balaban J connectivity index is 2.06. The first-order chi connectivity index (χ1) is 9.17. The molecule has 3 nitrogen and oxygen atoms in total. The predicted molar refractivity (Wildman–Crippen MR) is 76.4 cm³/mol. The van der Waals surface area contributed by atoms with Crippen LogP contribution in [-0.2, 0) is 12.2 Å². The number of hydrogen-bond acceptors (Lipinski definition) is 4. The highest BCUT2D eigenvalue weighted by molar-refractivity contribution is 7.98. The fraction of sp³-hybridized carbons (Fsp3) is 0.286. The third-order valence-electron chi connectivity index (χ3n) is 2.52. The van der Waals surface area contributed by atoms with Gasteiger partial charge in [0.1, 0.15) is 17.5 Å². The molecule has 0 radical (unpaired) electrons. The number of benzene rings is 1. The average molecular weight is 277 g/mol. The molecule has 5 heteroatoms. The van der Waals surface area contributed by atoms with E-state index in [1.807, 2.05) is 6.07 Å². The Labute approximate surface area is 116 Å². The first kappa shape index (κ1) is 13.8. The van der Waals surface area contributed by atoms with Crippen LogP contribution in [0.3, 0.4) is 0 Å². The summed E-state index contributed by atoms with van der Waals surface area (Å²) in [7, 11) is 0. The molecule has 0 unspecified atom stereocenters.